The fourth-order valence-electron chi connectivity index (χ4n) is 2.83. The second-order valence-electron chi connectivity index (χ2n) is 6.38. The van der Waals surface area contributed by atoms with Crippen molar-refractivity contribution in [2.75, 3.05) is 5.32 Å². The van der Waals surface area contributed by atoms with Crippen molar-refractivity contribution in [3.63, 3.8) is 0 Å². The summed E-state index contributed by atoms with van der Waals surface area (Å²) in [6.07, 6.45) is 0.774. The van der Waals surface area contributed by atoms with Gasteiger partial charge in [0.25, 0.3) is 0 Å². The molecule has 1 unspecified atom stereocenters. The van der Waals surface area contributed by atoms with E-state index >= 15 is 0 Å². The van der Waals surface area contributed by atoms with Crippen molar-refractivity contribution in [2.45, 2.75) is 31.9 Å². The van der Waals surface area contributed by atoms with Crippen molar-refractivity contribution < 1.29 is 9.13 Å². The molecular weight excluding hydrogens is 347 g/mol. The molecule has 24 heavy (non-hydrogen) atoms. The Balaban J connectivity index is 1.75. The van der Waals surface area contributed by atoms with Crippen LogP contribution in [0.15, 0.2) is 42.5 Å². The predicted octanol–water partition coefficient (Wildman–Crippen LogP) is 5.07. The highest BCUT2D eigenvalue weighted by Crippen LogP contribution is 2.39. The number of benzene rings is 2. The van der Waals surface area contributed by atoms with E-state index in [4.69, 9.17) is 28.6 Å². The molecule has 0 amide bonds. The van der Waals surface area contributed by atoms with E-state index in [0.29, 0.717) is 10.8 Å². The maximum Gasteiger partial charge on any atom is 0.171 e. The second kappa shape index (κ2) is 6.57. The van der Waals surface area contributed by atoms with Gasteiger partial charge in [0.05, 0.1) is 11.1 Å². The fraction of sp³-hybridized carbons (Fsp3) is 0.278. The van der Waals surface area contributed by atoms with Crippen LogP contribution in [0, 0.1) is 5.82 Å². The molecule has 2 aromatic rings. The summed E-state index contributed by atoms with van der Waals surface area (Å²) >= 11 is 11.2. The topological polar surface area (TPSA) is 33.3 Å². The Morgan fingerprint density at radius 1 is 1.29 bits per heavy atom. The molecule has 0 aromatic heterocycles. The van der Waals surface area contributed by atoms with Gasteiger partial charge < -0.3 is 15.4 Å². The molecule has 3 rings (SSSR count). The summed E-state index contributed by atoms with van der Waals surface area (Å²) in [6, 6.07) is 12.4. The number of halogens is 2. The summed E-state index contributed by atoms with van der Waals surface area (Å²) in [5.41, 5.74) is 1.41. The molecule has 1 atom stereocenters. The summed E-state index contributed by atoms with van der Waals surface area (Å²) in [5.74, 6) is 0.403. The molecule has 0 bridgehead atoms. The average Bonchev–Trinajstić information content (AvgIpc) is 2.50. The minimum absolute atomic E-state index is 0.0286. The molecule has 0 saturated heterocycles. The minimum Gasteiger partial charge on any atom is -0.487 e. The van der Waals surface area contributed by atoms with Crippen LogP contribution in [-0.2, 0) is 0 Å². The molecule has 126 valence electrons. The Labute approximate surface area is 151 Å². The number of ether oxygens (including phenoxy) is 1. The number of thiocarbonyl (C=S) groups is 1. The van der Waals surface area contributed by atoms with Gasteiger partial charge >= 0.3 is 0 Å². The van der Waals surface area contributed by atoms with Crippen molar-refractivity contribution >= 4 is 34.6 Å². The summed E-state index contributed by atoms with van der Waals surface area (Å²) in [4.78, 5) is 0. The van der Waals surface area contributed by atoms with Crippen LogP contribution in [0.4, 0.5) is 10.1 Å². The van der Waals surface area contributed by atoms with E-state index in [1.54, 1.807) is 6.07 Å². The van der Waals surface area contributed by atoms with E-state index in [2.05, 4.69) is 10.6 Å². The maximum absolute atomic E-state index is 13.2. The van der Waals surface area contributed by atoms with E-state index in [9.17, 15) is 4.39 Å². The molecule has 0 fully saturated rings. The number of hydrogen-bond donors (Lipinski definition) is 2. The molecule has 0 radical (unpaired) electrons. The van der Waals surface area contributed by atoms with E-state index in [1.165, 1.54) is 12.1 Å². The van der Waals surface area contributed by atoms with Crippen molar-refractivity contribution in [1.82, 2.24) is 5.32 Å². The smallest absolute Gasteiger partial charge is 0.171 e. The van der Waals surface area contributed by atoms with Gasteiger partial charge in [-0.2, -0.15) is 0 Å². The van der Waals surface area contributed by atoms with Crippen LogP contribution >= 0.6 is 23.8 Å². The normalized spacial score (nSPS) is 18.2. The third-order valence-electron chi connectivity index (χ3n) is 3.86. The number of fused-ring (bicyclic) bond motifs is 1. The molecular formula is C18H18ClFN2OS. The lowest BCUT2D eigenvalue weighted by Gasteiger charge is -2.38. The van der Waals surface area contributed by atoms with E-state index in [0.717, 1.165) is 17.7 Å². The highest BCUT2D eigenvalue weighted by Gasteiger charge is 2.33. The van der Waals surface area contributed by atoms with Crippen LogP contribution in [0.5, 0.6) is 5.75 Å². The van der Waals surface area contributed by atoms with Gasteiger partial charge in [-0.1, -0.05) is 29.8 Å². The lowest BCUT2D eigenvalue weighted by Crippen LogP contribution is -2.42. The van der Waals surface area contributed by atoms with Crippen LogP contribution in [0.3, 0.4) is 0 Å². The van der Waals surface area contributed by atoms with Gasteiger partial charge in [0.1, 0.15) is 17.2 Å². The van der Waals surface area contributed by atoms with Crippen molar-refractivity contribution in [3.8, 4) is 5.75 Å². The molecule has 3 nitrogen and oxygen atoms in total. The van der Waals surface area contributed by atoms with Crippen LogP contribution in [0.25, 0.3) is 0 Å². The number of rotatable bonds is 2. The van der Waals surface area contributed by atoms with Crippen LogP contribution < -0.4 is 15.4 Å². The molecule has 2 aromatic carbocycles. The van der Waals surface area contributed by atoms with E-state index < -0.39 is 5.82 Å². The minimum atomic E-state index is -0.457. The SMILES string of the molecule is CC1(C)CC(NC(=S)Nc2ccc(F)c(Cl)c2)c2ccccc2O1. The third kappa shape index (κ3) is 3.79. The first kappa shape index (κ1) is 17.0. The van der Waals surface area contributed by atoms with Gasteiger partial charge in [0.15, 0.2) is 5.11 Å². The third-order valence-corrected chi connectivity index (χ3v) is 4.37. The summed E-state index contributed by atoms with van der Waals surface area (Å²) in [6.45, 7) is 4.10. The van der Waals surface area contributed by atoms with Crippen molar-refractivity contribution in [3.05, 3.63) is 58.9 Å². The summed E-state index contributed by atoms with van der Waals surface area (Å²) in [7, 11) is 0. The number of anilines is 1. The Bertz CT molecular complexity index is 781. The van der Waals surface area contributed by atoms with E-state index in [-0.39, 0.29) is 16.7 Å². The number of hydrogen-bond acceptors (Lipinski definition) is 2. The highest BCUT2D eigenvalue weighted by molar-refractivity contribution is 7.80. The standard InChI is InChI=1S/C18H18ClFN2OS/c1-18(2)10-15(12-5-3-4-6-16(12)23-18)22-17(24)21-11-7-8-14(20)13(19)9-11/h3-9,15H,10H2,1-2H3,(H2,21,22,24). The Hall–Kier alpha value is -1.85. The maximum atomic E-state index is 13.2. The second-order valence-corrected chi connectivity index (χ2v) is 7.20. The molecule has 0 saturated carbocycles. The molecule has 1 heterocycles. The van der Waals surface area contributed by atoms with Crippen molar-refractivity contribution in [1.29, 1.82) is 0 Å². The molecule has 2 N–H and O–H groups in total. The summed E-state index contributed by atoms with van der Waals surface area (Å²) < 4.78 is 19.3. The largest absolute Gasteiger partial charge is 0.487 e. The molecule has 0 spiro atoms. The van der Waals surface area contributed by atoms with Gasteiger partial charge in [0.2, 0.25) is 0 Å². The van der Waals surface area contributed by atoms with Gasteiger partial charge in [-0.25, -0.2) is 4.39 Å². The van der Waals surface area contributed by atoms with Crippen LogP contribution in [-0.4, -0.2) is 10.7 Å². The molecule has 0 aliphatic carbocycles. The zero-order valence-corrected chi connectivity index (χ0v) is 15.0. The zero-order valence-electron chi connectivity index (χ0n) is 13.4. The average molecular weight is 365 g/mol. The predicted molar refractivity (Wildman–Crippen MR) is 99.3 cm³/mol. The molecule has 1 aliphatic heterocycles. The summed E-state index contributed by atoms with van der Waals surface area (Å²) in [5, 5.41) is 6.87. The van der Waals surface area contributed by atoms with Crippen molar-refractivity contribution in [2.24, 2.45) is 0 Å². The fourth-order valence-corrected chi connectivity index (χ4v) is 3.27. The van der Waals surface area contributed by atoms with Gasteiger partial charge in [-0.05, 0) is 50.3 Å². The van der Waals surface area contributed by atoms with Crippen LogP contribution in [0.1, 0.15) is 31.9 Å². The zero-order chi connectivity index (χ0) is 17.3. The molecule has 1 aliphatic rings. The van der Waals surface area contributed by atoms with Gasteiger partial charge in [-0.3, -0.25) is 0 Å². The first-order valence-electron chi connectivity index (χ1n) is 7.64. The monoisotopic (exact) mass is 364 g/mol. The molecule has 6 heteroatoms. The van der Waals surface area contributed by atoms with E-state index in [1.807, 2.05) is 38.1 Å². The van der Waals surface area contributed by atoms with Gasteiger partial charge in [-0.15, -0.1) is 0 Å². The Morgan fingerprint density at radius 3 is 2.79 bits per heavy atom. The number of nitrogens with one attached hydrogen (secondary N) is 2. The quantitative estimate of drug-likeness (QED) is 0.729. The van der Waals surface area contributed by atoms with Crippen LogP contribution in [0.2, 0.25) is 5.02 Å². The highest BCUT2D eigenvalue weighted by atomic mass is 35.5. The van der Waals surface area contributed by atoms with Gasteiger partial charge in [0, 0.05) is 17.7 Å². The Morgan fingerprint density at radius 2 is 2.04 bits per heavy atom. The number of para-hydroxylation sites is 1. The lowest BCUT2D eigenvalue weighted by molar-refractivity contribution is 0.0697. The first-order chi connectivity index (χ1) is 11.3. The lowest BCUT2D eigenvalue weighted by atomic mass is 9.90. The Kier molecular flexibility index (Phi) is 4.65. The first-order valence-corrected chi connectivity index (χ1v) is 8.43.